The summed E-state index contributed by atoms with van der Waals surface area (Å²) in [6.07, 6.45) is -4.82. The van der Waals surface area contributed by atoms with Crippen LogP contribution in [0.5, 0.6) is 0 Å². The normalized spacial score (nSPS) is 11.6. The van der Waals surface area contributed by atoms with Crippen LogP contribution >= 0.6 is 0 Å². The number of methoxy groups -OCH3 is 1. The van der Waals surface area contributed by atoms with Crippen molar-refractivity contribution < 1.29 is 27.1 Å². The van der Waals surface area contributed by atoms with Crippen molar-refractivity contribution in [2.24, 2.45) is 7.05 Å². The number of nitrogens with zero attached hydrogens (tertiary/aromatic N) is 2. The maximum atomic E-state index is 12.5. The first-order chi connectivity index (χ1) is 7.32. The smallest absolute Gasteiger partial charge is 0.436 e. The molecule has 0 saturated carbocycles. The lowest BCUT2D eigenvalue weighted by Gasteiger charge is -2.05. The van der Waals surface area contributed by atoms with Crippen LogP contribution < -0.4 is 0 Å². The topological polar surface area (TPSA) is 44.1 Å². The number of esters is 1. The fourth-order valence-electron chi connectivity index (χ4n) is 1.23. The highest BCUT2D eigenvalue weighted by Gasteiger charge is 2.41. The van der Waals surface area contributed by atoms with Crippen molar-refractivity contribution in [1.29, 1.82) is 0 Å². The van der Waals surface area contributed by atoms with E-state index in [-0.39, 0.29) is 0 Å². The average molecular weight is 240 g/mol. The van der Waals surface area contributed by atoms with Crippen LogP contribution in [0, 0.1) is 0 Å². The summed E-state index contributed by atoms with van der Waals surface area (Å²) in [5.74, 6) is -1.26. The zero-order valence-electron chi connectivity index (χ0n) is 8.43. The zero-order chi connectivity index (χ0) is 12.5. The van der Waals surface area contributed by atoms with Gasteiger partial charge in [0.05, 0.1) is 12.8 Å². The number of hydrogen-bond donors (Lipinski definition) is 0. The number of aromatic nitrogens is 2. The van der Waals surface area contributed by atoms with E-state index < -0.39 is 35.8 Å². The minimum atomic E-state index is -4.82. The van der Waals surface area contributed by atoms with Crippen LogP contribution in [-0.4, -0.2) is 22.9 Å². The molecule has 1 heterocycles. The Hall–Kier alpha value is -1.60. The van der Waals surface area contributed by atoms with Crippen molar-refractivity contribution in [3.05, 3.63) is 17.0 Å². The van der Waals surface area contributed by atoms with Crippen LogP contribution in [-0.2, 0) is 24.6 Å². The number of carbonyl (C=O) groups excluding carboxylic acids is 1. The molecule has 0 spiro atoms. The molecule has 1 aromatic heterocycles. The second-order valence-corrected chi connectivity index (χ2v) is 2.92. The van der Waals surface area contributed by atoms with Gasteiger partial charge in [0.2, 0.25) is 0 Å². The van der Waals surface area contributed by atoms with E-state index in [4.69, 9.17) is 0 Å². The summed E-state index contributed by atoms with van der Waals surface area (Å²) in [7, 11) is 2.04. The monoisotopic (exact) mass is 240 g/mol. The number of carbonyl (C=O) groups is 1. The van der Waals surface area contributed by atoms with Gasteiger partial charge in [-0.2, -0.15) is 18.3 Å². The van der Waals surface area contributed by atoms with Crippen molar-refractivity contribution >= 4 is 5.97 Å². The van der Waals surface area contributed by atoms with Gasteiger partial charge >= 0.3 is 12.1 Å². The summed E-state index contributed by atoms with van der Waals surface area (Å²) in [5, 5.41) is 3.07. The number of halogens is 4. The van der Waals surface area contributed by atoms with Gasteiger partial charge in [0.25, 0.3) is 0 Å². The second kappa shape index (κ2) is 4.11. The van der Waals surface area contributed by atoms with Gasteiger partial charge < -0.3 is 4.74 Å². The molecule has 0 atom stereocenters. The second-order valence-electron chi connectivity index (χ2n) is 2.92. The molecule has 0 aromatic carbocycles. The Balaban J connectivity index is 3.45. The van der Waals surface area contributed by atoms with Gasteiger partial charge in [0.15, 0.2) is 5.69 Å². The fraction of sp³-hybridized carbons (Fsp3) is 0.500. The highest BCUT2D eigenvalue weighted by molar-refractivity contribution is 5.92. The minimum Gasteiger partial charge on any atom is -0.465 e. The van der Waals surface area contributed by atoms with Gasteiger partial charge in [-0.15, -0.1) is 0 Å². The largest absolute Gasteiger partial charge is 0.465 e. The number of rotatable bonds is 2. The zero-order valence-corrected chi connectivity index (χ0v) is 8.43. The van der Waals surface area contributed by atoms with E-state index in [2.05, 4.69) is 9.84 Å². The summed E-state index contributed by atoms with van der Waals surface area (Å²) in [4.78, 5) is 11.1. The highest BCUT2D eigenvalue weighted by atomic mass is 19.4. The van der Waals surface area contributed by atoms with Crippen LogP contribution in [0.25, 0.3) is 0 Å². The molecule has 0 N–H and O–H groups in total. The molecule has 0 unspecified atom stereocenters. The van der Waals surface area contributed by atoms with E-state index in [1.807, 2.05) is 0 Å². The Bertz CT molecular complexity index is 411. The van der Waals surface area contributed by atoms with E-state index in [1.54, 1.807) is 0 Å². The van der Waals surface area contributed by atoms with Gasteiger partial charge in [-0.1, -0.05) is 0 Å². The first-order valence-corrected chi connectivity index (χ1v) is 4.10. The number of hydrogen-bond acceptors (Lipinski definition) is 3. The number of aryl methyl sites for hydroxylation is 1. The summed E-state index contributed by atoms with van der Waals surface area (Å²) in [5.41, 5.74) is -2.77. The Morgan fingerprint density at radius 2 is 2.06 bits per heavy atom. The maximum absolute atomic E-state index is 12.5. The Morgan fingerprint density at radius 1 is 1.50 bits per heavy atom. The lowest BCUT2D eigenvalue weighted by atomic mass is 10.2. The molecule has 0 radical (unpaired) electrons. The summed E-state index contributed by atoms with van der Waals surface area (Å²) in [6, 6.07) is 0. The first-order valence-electron chi connectivity index (χ1n) is 4.10. The molecule has 0 bridgehead atoms. The summed E-state index contributed by atoms with van der Waals surface area (Å²) in [6.45, 7) is -1.23. The van der Waals surface area contributed by atoms with Crippen molar-refractivity contribution in [3.63, 3.8) is 0 Å². The minimum absolute atomic E-state index is 0.459. The third-order valence-electron chi connectivity index (χ3n) is 1.95. The molecule has 90 valence electrons. The van der Waals surface area contributed by atoms with Crippen LogP contribution in [0.3, 0.4) is 0 Å². The molecule has 1 aromatic rings. The van der Waals surface area contributed by atoms with Crippen LogP contribution in [0.1, 0.15) is 21.7 Å². The third kappa shape index (κ3) is 2.00. The van der Waals surface area contributed by atoms with E-state index in [0.717, 1.165) is 14.2 Å². The van der Waals surface area contributed by atoms with Crippen molar-refractivity contribution in [2.75, 3.05) is 7.11 Å². The van der Waals surface area contributed by atoms with Gasteiger partial charge in [0, 0.05) is 7.05 Å². The quantitative estimate of drug-likeness (QED) is 0.583. The third-order valence-corrected chi connectivity index (χ3v) is 1.95. The van der Waals surface area contributed by atoms with E-state index in [1.165, 1.54) is 0 Å². The molecule has 8 heteroatoms. The average Bonchev–Trinajstić information content (AvgIpc) is 2.53. The molecular weight excluding hydrogens is 232 g/mol. The molecule has 0 amide bonds. The van der Waals surface area contributed by atoms with Crippen LogP contribution in [0.2, 0.25) is 0 Å². The van der Waals surface area contributed by atoms with Gasteiger partial charge in [0.1, 0.15) is 12.2 Å². The van der Waals surface area contributed by atoms with Crippen molar-refractivity contribution in [3.8, 4) is 0 Å². The van der Waals surface area contributed by atoms with Gasteiger partial charge in [-0.05, 0) is 0 Å². The van der Waals surface area contributed by atoms with Gasteiger partial charge in [-0.3, -0.25) is 4.68 Å². The molecule has 1 rings (SSSR count). The summed E-state index contributed by atoms with van der Waals surface area (Å²) < 4.78 is 54.8. The number of ether oxygens (including phenoxy) is 1. The maximum Gasteiger partial charge on any atom is 0.436 e. The summed E-state index contributed by atoms with van der Waals surface area (Å²) >= 11 is 0. The fourth-order valence-corrected chi connectivity index (χ4v) is 1.23. The van der Waals surface area contributed by atoms with Crippen LogP contribution in [0.15, 0.2) is 0 Å². The molecule has 0 aliphatic heterocycles. The Morgan fingerprint density at radius 3 is 2.44 bits per heavy atom. The molecule has 0 aliphatic carbocycles. The molecular formula is C8H8F4N2O2. The first kappa shape index (κ1) is 12.5. The lowest BCUT2D eigenvalue weighted by molar-refractivity contribution is -0.142. The highest BCUT2D eigenvalue weighted by Crippen LogP contribution is 2.32. The van der Waals surface area contributed by atoms with Crippen molar-refractivity contribution in [1.82, 2.24) is 9.78 Å². The van der Waals surface area contributed by atoms with Gasteiger partial charge in [-0.25, -0.2) is 9.18 Å². The van der Waals surface area contributed by atoms with E-state index in [0.29, 0.717) is 4.68 Å². The number of alkyl halides is 4. The predicted octanol–water partition coefficient (Wildman–Crippen LogP) is 1.70. The van der Waals surface area contributed by atoms with Crippen LogP contribution in [0.4, 0.5) is 17.6 Å². The predicted molar refractivity (Wildman–Crippen MR) is 44.4 cm³/mol. The van der Waals surface area contributed by atoms with Crippen molar-refractivity contribution in [2.45, 2.75) is 12.9 Å². The molecule has 0 fully saturated rings. The lowest BCUT2D eigenvalue weighted by Crippen LogP contribution is -2.14. The Labute approximate surface area is 87.8 Å². The molecule has 4 nitrogen and oxygen atoms in total. The molecule has 0 aliphatic rings. The van der Waals surface area contributed by atoms with E-state index >= 15 is 0 Å². The SMILES string of the molecule is COC(=O)c1c(C(F)(F)F)nn(C)c1CF. The molecule has 16 heavy (non-hydrogen) atoms. The molecule has 0 saturated heterocycles. The standard InChI is InChI=1S/C8H8F4N2O2/c1-14-4(3-9)5(7(15)16-2)6(13-14)8(10,11)12/h3H2,1-2H3. The van der Waals surface area contributed by atoms with E-state index in [9.17, 15) is 22.4 Å². The Kier molecular flexibility index (Phi) is 3.20.